The van der Waals surface area contributed by atoms with Crippen LogP contribution < -0.4 is 0 Å². The number of hydrogen-bond acceptors (Lipinski definition) is 4. The van der Waals surface area contributed by atoms with Gasteiger partial charge in [-0.2, -0.15) is 0 Å². The lowest BCUT2D eigenvalue weighted by Crippen LogP contribution is -2.48. The van der Waals surface area contributed by atoms with Gasteiger partial charge in [-0.25, -0.2) is 0 Å². The molecule has 1 amide bonds. The maximum absolute atomic E-state index is 12.5. The van der Waals surface area contributed by atoms with Gasteiger partial charge in [-0.3, -0.25) is 19.8 Å². The van der Waals surface area contributed by atoms with Crippen molar-refractivity contribution >= 4 is 34.2 Å². The monoisotopic (exact) mass is 399 g/mol. The van der Waals surface area contributed by atoms with Crippen molar-refractivity contribution in [1.82, 2.24) is 9.80 Å². The number of nitro benzene ring substituents is 1. The van der Waals surface area contributed by atoms with E-state index in [-0.39, 0.29) is 11.6 Å². The molecule has 0 N–H and O–H groups in total. The summed E-state index contributed by atoms with van der Waals surface area (Å²) in [5.74, 6) is 2.43. The van der Waals surface area contributed by atoms with Crippen LogP contribution >= 0.6 is 22.6 Å². The highest BCUT2D eigenvalue weighted by Crippen LogP contribution is 2.21. The number of benzene rings is 1. The summed E-state index contributed by atoms with van der Waals surface area (Å²) in [6.07, 6.45) is 5.27. The Labute approximate surface area is 136 Å². The second kappa shape index (κ2) is 6.87. The summed E-state index contributed by atoms with van der Waals surface area (Å²) >= 11 is 2.02. The molecule has 1 aliphatic rings. The van der Waals surface area contributed by atoms with Crippen LogP contribution in [0.1, 0.15) is 10.4 Å². The van der Waals surface area contributed by atoms with Crippen LogP contribution in [0.2, 0.25) is 0 Å². The number of piperazine rings is 1. The van der Waals surface area contributed by atoms with E-state index in [2.05, 4.69) is 10.8 Å². The third kappa shape index (κ3) is 3.71. The largest absolute Gasteiger partial charge is 0.336 e. The van der Waals surface area contributed by atoms with Crippen LogP contribution in [0.5, 0.6) is 0 Å². The van der Waals surface area contributed by atoms with Gasteiger partial charge in [0.2, 0.25) is 0 Å². The molecule has 2 rings (SSSR count). The Bertz CT molecular complexity index is 604. The van der Waals surface area contributed by atoms with E-state index >= 15 is 0 Å². The predicted molar refractivity (Wildman–Crippen MR) is 87.0 cm³/mol. The zero-order chi connectivity index (χ0) is 15.4. The highest BCUT2D eigenvalue weighted by molar-refractivity contribution is 14.1. The Kier molecular flexibility index (Phi) is 5.14. The highest BCUT2D eigenvalue weighted by Gasteiger charge is 2.24. The molecule has 1 aromatic rings. The molecule has 1 heterocycles. The quantitative estimate of drug-likeness (QED) is 0.335. The zero-order valence-corrected chi connectivity index (χ0v) is 13.4. The van der Waals surface area contributed by atoms with E-state index in [9.17, 15) is 14.9 Å². The number of non-ortho nitro benzene ring substituents is 1. The number of carbonyl (C=O) groups is 1. The lowest BCUT2D eigenvalue weighted by molar-refractivity contribution is -0.384. The molecule has 7 heteroatoms. The van der Waals surface area contributed by atoms with Crippen LogP contribution in [0.4, 0.5) is 5.69 Å². The predicted octanol–water partition coefficient (Wildman–Crippen LogP) is 1.59. The van der Waals surface area contributed by atoms with Gasteiger partial charge in [-0.1, -0.05) is 5.92 Å². The van der Waals surface area contributed by atoms with Gasteiger partial charge in [0.25, 0.3) is 11.6 Å². The summed E-state index contributed by atoms with van der Waals surface area (Å²) in [5.41, 5.74) is 0.319. The summed E-state index contributed by atoms with van der Waals surface area (Å²) < 4.78 is 0.717. The molecule has 0 unspecified atom stereocenters. The van der Waals surface area contributed by atoms with Gasteiger partial charge in [-0.15, -0.1) is 6.42 Å². The van der Waals surface area contributed by atoms with Gasteiger partial charge < -0.3 is 4.90 Å². The minimum absolute atomic E-state index is 0.0651. The maximum atomic E-state index is 12.5. The van der Waals surface area contributed by atoms with Crippen LogP contribution in [0.25, 0.3) is 0 Å². The number of amides is 1. The summed E-state index contributed by atoms with van der Waals surface area (Å²) in [7, 11) is 0. The van der Waals surface area contributed by atoms with Crippen molar-refractivity contribution in [1.29, 1.82) is 0 Å². The molecule has 1 saturated heterocycles. The first-order chi connectivity index (χ1) is 10.0. The number of nitrogens with zero attached hydrogens (tertiary/aromatic N) is 3. The molecule has 0 radical (unpaired) electrons. The second-order valence-corrected chi connectivity index (χ2v) is 5.86. The Morgan fingerprint density at radius 1 is 1.38 bits per heavy atom. The number of rotatable bonds is 3. The lowest BCUT2D eigenvalue weighted by atomic mass is 10.1. The zero-order valence-electron chi connectivity index (χ0n) is 11.3. The molecule has 0 bridgehead atoms. The Balaban J connectivity index is 2.12. The van der Waals surface area contributed by atoms with Crippen molar-refractivity contribution in [3.63, 3.8) is 0 Å². The first-order valence-corrected chi connectivity index (χ1v) is 7.50. The molecule has 1 aromatic carbocycles. The van der Waals surface area contributed by atoms with Crippen LogP contribution in [0, 0.1) is 26.0 Å². The van der Waals surface area contributed by atoms with Crippen LogP contribution in [0.3, 0.4) is 0 Å². The van der Waals surface area contributed by atoms with Crippen LogP contribution in [-0.4, -0.2) is 53.4 Å². The number of hydrogen-bond donors (Lipinski definition) is 0. The standard InChI is InChI=1S/C14H14IN3O3/c1-2-5-16-6-8-17(9-7-16)14(19)12-10-11(18(20)21)3-4-13(12)15/h1,3-4,10H,5-9H2. The van der Waals surface area contributed by atoms with Crippen molar-refractivity contribution in [3.05, 3.63) is 37.4 Å². The average Bonchev–Trinajstić information content (AvgIpc) is 2.48. The normalized spacial score (nSPS) is 15.5. The maximum Gasteiger partial charge on any atom is 0.270 e. The molecule has 0 aromatic heterocycles. The van der Waals surface area contributed by atoms with Gasteiger partial charge in [0.1, 0.15) is 0 Å². The van der Waals surface area contributed by atoms with E-state index in [1.165, 1.54) is 12.1 Å². The molecule has 1 fully saturated rings. The summed E-state index contributed by atoms with van der Waals surface area (Å²) in [5, 5.41) is 10.8. The highest BCUT2D eigenvalue weighted by atomic mass is 127. The van der Waals surface area contributed by atoms with E-state index in [4.69, 9.17) is 6.42 Å². The van der Waals surface area contributed by atoms with E-state index < -0.39 is 4.92 Å². The van der Waals surface area contributed by atoms with Crippen molar-refractivity contribution < 1.29 is 9.72 Å². The molecule has 6 nitrogen and oxygen atoms in total. The number of nitro groups is 1. The molecule has 1 aliphatic heterocycles. The van der Waals surface area contributed by atoms with E-state index in [0.29, 0.717) is 28.8 Å². The van der Waals surface area contributed by atoms with E-state index in [0.717, 1.165) is 13.1 Å². The third-order valence-corrected chi connectivity index (χ3v) is 4.31. The molecular weight excluding hydrogens is 385 g/mol. The fraction of sp³-hybridized carbons (Fsp3) is 0.357. The third-order valence-electron chi connectivity index (χ3n) is 3.37. The molecule has 0 saturated carbocycles. The fourth-order valence-electron chi connectivity index (χ4n) is 2.20. The molecular formula is C14H14IN3O3. The van der Waals surface area contributed by atoms with Crippen molar-refractivity contribution in [2.75, 3.05) is 32.7 Å². The second-order valence-electron chi connectivity index (χ2n) is 4.69. The molecule has 110 valence electrons. The van der Waals surface area contributed by atoms with E-state index in [1.54, 1.807) is 11.0 Å². The minimum atomic E-state index is -0.488. The van der Waals surface area contributed by atoms with Crippen LogP contribution in [0.15, 0.2) is 18.2 Å². The fourth-order valence-corrected chi connectivity index (χ4v) is 2.77. The Morgan fingerprint density at radius 3 is 2.62 bits per heavy atom. The molecule has 0 spiro atoms. The summed E-state index contributed by atoms with van der Waals surface area (Å²) in [6.45, 7) is 3.19. The number of carbonyl (C=O) groups excluding carboxylic acids is 1. The smallest absolute Gasteiger partial charge is 0.270 e. The van der Waals surface area contributed by atoms with Crippen molar-refractivity contribution in [2.24, 2.45) is 0 Å². The SMILES string of the molecule is C#CCN1CCN(C(=O)c2cc([N+](=O)[O-])ccc2I)CC1. The average molecular weight is 399 g/mol. The molecule has 0 aliphatic carbocycles. The number of halogens is 1. The van der Waals surface area contributed by atoms with Crippen LogP contribution in [-0.2, 0) is 0 Å². The lowest BCUT2D eigenvalue weighted by Gasteiger charge is -2.33. The van der Waals surface area contributed by atoms with Gasteiger partial charge in [0.05, 0.1) is 17.0 Å². The van der Waals surface area contributed by atoms with E-state index in [1.807, 2.05) is 22.6 Å². The topological polar surface area (TPSA) is 66.7 Å². The van der Waals surface area contributed by atoms with Crippen molar-refractivity contribution in [2.45, 2.75) is 0 Å². The summed E-state index contributed by atoms with van der Waals surface area (Å²) in [4.78, 5) is 26.7. The Morgan fingerprint density at radius 2 is 2.05 bits per heavy atom. The van der Waals surface area contributed by atoms with Gasteiger partial charge >= 0.3 is 0 Å². The minimum Gasteiger partial charge on any atom is -0.336 e. The van der Waals surface area contributed by atoms with Gasteiger partial charge in [0.15, 0.2) is 0 Å². The molecule has 21 heavy (non-hydrogen) atoms. The van der Waals surface area contributed by atoms with Gasteiger partial charge in [-0.05, 0) is 28.7 Å². The first kappa shape index (κ1) is 15.7. The summed E-state index contributed by atoms with van der Waals surface area (Å²) in [6, 6.07) is 4.35. The number of terminal acetylenes is 1. The Hall–Kier alpha value is -1.66. The molecule has 0 atom stereocenters. The van der Waals surface area contributed by atoms with Gasteiger partial charge in [0, 0.05) is 41.9 Å². The first-order valence-electron chi connectivity index (χ1n) is 6.42. The van der Waals surface area contributed by atoms with Crippen molar-refractivity contribution in [3.8, 4) is 12.3 Å².